The lowest BCUT2D eigenvalue weighted by Crippen LogP contribution is -2.71. The van der Waals surface area contributed by atoms with Crippen LogP contribution in [0.2, 0.25) is 0 Å². The quantitative estimate of drug-likeness (QED) is 0.457. The van der Waals surface area contributed by atoms with Crippen molar-refractivity contribution in [2.24, 2.45) is 0 Å². The Labute approximate surface area is 204 Å². The summed E-state index contributed by atoms with van der Waals surface area (Å²) in [5.74, 6) is -3.31. The second-order valence-corrected chi connectivity index (χ2v) is 10.3. The summed E-state index contributed by atoms with van der Waals surface area (Å²) < 4.78 is 5.30. The van der Waals surface area contributed by atoms with Crippen LogP contribution in [-0.4, -0.2) is 84.6 Å². The molecule has 2 aliphatic rings. The van der Waals surface area contributed by atoms with E-state index in [4.69, 9.17) is 4.74 Å². The number of benzene rings is 1. The molecule has 0 radical (unpaired) electrons. The zero-order valence-corrected chi connectivity index (χ0v) is 20.4. The summed E-state index contributed by atoms with van der Waals surface area (Å²) in [6.45, 7) is 4.24. The summed E-state index contributed by atoms with van der Waals surface area (Å²) in [6, 6.07) is 6.31. The van der Waals surface area contributed by atoms with Crippen LogP contribution in [0.5, 0.6) is 5.75 Å². The van der Waals surface area contributed by atoms with E-state index in [9.17, 15) is 34.8 Å². The third-order valence-electron chi connectivity index (χ3n) is 6.50. The van der Waals surface area contributed by atoms with Gasteiger partial charge in [-0.15, -0.1) is 0 Å². The number of piperazine rings is 1. The van der Waals surface area contributed by atoms with E-state index in [1.54, 1.807) is 39.1 Å². The van der Waals surface area contributed by atoms with Crippen molar-refractivity contribution in [3.8, 4) is 5.75 Å². The molecule has 1 heterocycles. The van der Waals surface area contributed by atoms with Gasteiger partial charge >= 0.3 is 18.0 Å². The molecule has 10 heteroatoms. The molecule has 0 atom stereocenters. The molecule has 0 unspecified atom stereocenters. The van der Waals surface area contributed by atoms with Crippen LogP contribution in [0.4, 0.5) is 4.79 Å². The van der Waals surface area contributed by atoms with E-state index in [0.717, 1.165) is 24.2 Å². The van der Waals surface area contributed by atoms with Gasteiger partial charge in [-0.05, 0) is 51.3 Å². The smallest absolute Gasteiger partial charge is 0.411 e. The molecule has 0 spiro atoms. The largest absolute Gasteiger partial charge is 0.508 e. The summed E-state index contributed by atoms with van der Waals surface area (Å²) in [4.78, 5) is 39.8. The van der Waals surface area contributed by atoms with E-state index in [-0.39, 0.29) is 18.8 Å². The predicted molar refractivity (Wildman–Crippen MR) is 127 cm³/mol. The maximum absolute atomic E-state index is 12.8. The van der Waals surface area contributed by atoms with Gasteiger partial charge in [0.05, 0.1) is 12.1 Å². The number of phenolic OH excluding ortho intramolecular Hbond substituents is 1. The number of carboxylic acid groups (broad SMARTS) is 2. The fourth-order valence-corrected chi connectivity index (χ4v) is 4.70. The van der Waals surface area contributed by atoms with Crippen LogP contribution >= 0.6 is 0 Å². The highest BCUT2D eigenvalue weighted by Crippen LogP contribution is 2.40. The molecule has 1 amide bonds. The van der Waals surface area contributed by atoms with Gasteiger partial charge in [0.1, 0.15) is 11.4 Å². The number of carbonyl (C=O) groups is 3. The standard InChI is InChI=1S/C25H34N2O8/c1-23(2,3)35-22(33)27-14-13-26(16-25(27,20(29)30)21(31)32)15-19(17-7-9-18(28)10-8-17)24(34)11-5-4-6-12-24/h7-10,15,28,34H,4-6,11-14,16H2,1-3H3,(H,29,30)(H,31,32). The maximum Gasteiger partial charge on any atom is 0.411 e. The van der Waals surface area contributed by atoms with Crippen molar-refractivity contribution < 1.29 is 39.5 Å². The summed E-state index contributed by atoms with van der Waals surface area (Å²) >= 11 is 0. The van der Waals surface area contributed by atoms with E-state index >= 15 is 0 Å². The molecule has 1 aliphatic carbocycles. The van der Waals surface area contributed by atoms with Crippen molar-refractivity contribution in [2.75, 3.05) is 19.6 Å². The van der Waals surface area contributed by atoms with Crippen molar-refractivity contribution in [3.63, 3.8) is 0 Å². The van der Waals surface area contributed by atoms with Crippen molar-refractivity contribution in [1.82, 2.24) is 9.80 Å². The molecular weight excluding hydrogens is 456 g/mol. The normalized spacial score (nSPS) is 20.3. The minimum absolute atomic E-state index is 0.0606. The van der Waals surface area contributed by atoms with Gasteiger partial charge in [-0.25, -0.2) is 14.4 Å². The Hall–Kier alpha value is -3.27. The number of carbonyl (C=O) groups excluding carboxylic acids is 1. The van der Waals surface area contributed by atoms with E-state index in [1.807, 2.05) is 0 Å². The number of amides is 1. The number of carboxylic acids is 2. The van der Waals surface area contributed by atoms with E-state index in [0.29, 0.717) is 24.0 Å². The molecule has 0 bridgehead atoms. The predicted octanol–water partition coefficient (Wildman–Crippen LogP) is 2.89. The number of aromatic hydroxyl groups is 1. The molecule has 1 saturated carbocycles. The van der Waals surface area contributed by atoms with E-state index < -0.39 is 41.3 Å². The van der Waals surface area contributed by atoms with Gasteiger partial charge in [0.25, 0.3) is 5.54 Å². The zero-order valence-electron chi connectivity index (χ0n) is 20.4. The Morgan fingerprint density at radius 1 is 0.971 bits per heavy atom. The molecule has 192 valence electrons. The number of rotatable bonds is 5. The van der Waals surface area contributed by atoms with Gasteiger partial charge < -0.3 is 30.1 Å². The third kappa shape index (κ3) is 5.53. The van der Waals surface area contributed by atoms with Crippen LogP contribution < -0.4 is 0 Å². The van der Waals surface area contributed by atoms with Gasteiger partial charge in [0, 0.05) is 24.9 Å². The first kappa shape index (κ1) is 26.3. The first-order valence-corrected chi connectivity index (χ1v) is 11.7. The van der Waals surface area contributed by atoms with E-state index in [2.05, 4.69) is 0 Å². The molecule has 10 nitrogen and oxygen atoms in total. The highest BCUT2D eigenvalue weighted by molar-refractivity contribution is 6.06. The lowest BCUT2D eigenvalue weighted by atomic mass is 9.77. The lowest BCUT2D eigenvalue weighted by Gasteiger charge is -2.45. The third-order valence-corrected chi connectivity index (χ3v) is 6.50. The number of hydrogen-bond donors (Lipinski definition) is 4. The second-order valence-electron chi connectivity index (χ2n) is 10.3. The molecule has 1 aromatic carbocycles. The zero-order chi connectivity index (χ0) is 26.0. The molecule has 0 aromatic heterocycles. The van der Waals surface area contributed by atoms with Crippen LogP contribution in [0.25, 0.3) is 5.57 Å². The summed E-state index contributed by atoms with van der Waals surface area (Å²) in [6.07, 6.45) is 4.20. The lowest BCUT2D eigenvalue weighted by molar-refractivity contribution is -0.171. The highest BCUT2D eigenvalue weighted by Gasteiger charge is 2.58. The SMILES string of the molecule is CC(C)(C)OC(=O)N1CCN(C=C(c2ccc(O)cc2)C2(O)CCCCC2)CC1(C(=O)O)C(=O)O. The number of ether oxygens (including phenoxy) is 1. The average molecular weight is 491 g/mol. The van der Waals surface area contributed by atoms with Crippen LogP contribution in [-0.2, 0) is 14.3 Å². The van der Waals surface area contributed by atoms with Gasteiger partial charge in [0.2, 0.25) is 0 Å². The Morgan fingerprint density at radius 3 is 2.06 bits per heavy atom. The van der Waals surface area contributed by atoms with Crippen molar-refractivity contribution in [1.29, 1.82) is 0 Å². The maximum atomic E-state index is 12.8. The summed E-state index contributed by atoms with van der Waals surface area (Å²) in [5.41, 5.74) is -3.54. The van der Waals surface area contributed by atoms with Gasteiger partial charge in [-0.2, -0.15) is 0 Å². The van der Waals surface area contributed by atoms with Crippen LogP contribution in [0.15, 0.2) is 30.5 Å². The summed E-state index contributed by atoms with van der Waals surface area (Å²) in [5, 5.41) is 41.3. The fraction of sp³-hybridized carbons (Fsp3) is 0.560. The molecule has 1 aliphatic heterocycles. The van der Waals surface area contributed by atoms with Gasteiger partial charge in [0.15, 0.2) is 0 Å². The number of aliphatic carboxylic acids is 2. The van der Waals surface area contributed by atoms with Gasteiger partial charge in [-0.1, -0.05) is 31.4 Å². The average Bonchev–Trinajstić information content (AvgIpc) is 2.77. The summed E-state index contributed by atoms with van der Waals surface area (Å²) in [7, 11) is 0. The van der Waals surface area contributed by atoms with Crippen LogP contribution in [0.3, 0.4) is 0 Å². The number of nitrogens with zero attached hydrogens (tertiary/aromatic N) is 2. The second kappa shape index (κ2) is 9.77. The number of phenols is 1. The first-order valence-electron chi connectivity index (χ1n) is 11.7. The minimum Gasteiger partial charge on any atom is -0.508 e. The molecular formula is C25H34N2O8. The molecule has 35 heavy (non-hydrogen) atoms. The molecule has 4 N–H and O–H groups in total. The van der Waals surface area contributed by atoms with Crippen LogP contribution in [0, 0.1) is 0 Å². The monoisotopic (exact) mass is 490 g/mol. The topological polar surface area (TPSA) is 148 Å². The van der Waals surface area contributed by atoms with Crippen molar-refractivity contribution in [3.05, 3.63) is 36.0 Å². The number of hydrogen-bond acceptors (Lipinski definition) is 7. The highest BCUT2D eigenvalue weighted by atomic mass is 16.6. The van der Waals surface area contributed by atoms with E-state index in [1.165, 1.54) is 17.0 Å². The Morgan fingerprint density at radius 2 is 1.54 bits per heavy atom. The molecule has 2 fully saturated rings. The molecule has 1 saturated heterocycles. The first-order chi connectivity index (χ1) is 16.3. The van der Waals surface area contributed by atoms with Crippen LogP contribution in [0.1, 0.15) is 58.4 Å². The van der Waals surface area contributed by atoms with Crippen molar-refractivity contribution in [2.45, 2.75) is 69.6 Å². The Kier molecular flexibility index (Phi) is 7.35. The Bertz CT molecular complexity index is 976. The molecule has 1 aromatic rings. The fourth-order valence-electron chi connectivity index (χ4n) is 4.70. The Balaban J connectivity index is 2.03. The molecule has 3 rings (SSSR count). The van der Waals surface area contributed by atoms with Crippen molar-refractivity contribution >= 4 is 23.6 Å². The minimum atomic E-state index is -2.58. The van der Waals surface area contributed by atoms with Gasteiger partial charge in [-0.3, -0.25) is 4.90 Å². The number of aliphatic hydroxyl groups is 1.